The summed E-state index contributed by atoms with van der Waals surface area (Å²) in [6, 6.07) is 1.89. The van der Waals surface area contributed by atoms with Gasteiger partial charge in [0.15, 0.2) is 11.5 Å². The van der Waals surface area contributed by atoms with Gasteiger partial charge in [-0.1, -0.05) is 13.8 Å². The molecule has 0 bridgehead atoms. The summed E-state index contributed by atoms with van der Waals surface area (Å²) in [7, 11) is 4.77. The van der Waals surface area contributed by atoms with Gasteiger partial charge >= 0.3 is 0 Å². The highest BCUT2D eigenvalue weighted by Gasteiger charge is 2.19. The number of rotatable bonds is 4. The van der Waals surface area contributed by atoms with E-state index in [1.165, 1.54) is 0 Å². The zero-order valence-electron chi connectivity index (χ0n) is 11.9. The van der Waals surface area contributed by atoms with Crippen molar-refractivity contribution in [1.82, 2.24) is 9.97 Å². The highest BCUT2D eigenvalue weighted by Crippen LogP contribution is 2.43. The van der Waals surface area contributed by atoms with E-state index in [0.29, 0.717) is 17.2 Å². The van der Waals surface area contributed by atoms with E-state index in [-0.39, 0.29) is 5.92 Å². The molecule has 1 aromatic heterocycles. The largest absolute Gasteiger partial charge is 0.493 e. The first-order valence-corrected chi connectivity index (χ1v) is 6.07. The predicted molar refractivity (Wildman–Crippen MR) is 73.3 cm³/mol. The first kappa shape index (κ1) is 13.4. The normalized spacial score (nSPS) is 10.8. The minimum atomic E-state index is 0.285. The van der Waals surface area contributed by atoms with E-state index in [4.69, 9.17) is 14.2 Å². The molecule has 0 radical (unpaired) electrons. The molecule has 2 aromatic rings. The van der Waals surface area contributed by atoms with Crippen molar-refractivity contribution in [1.29, 1.82) is 0 Å². The monoisotopic (exact) mass is 262 g/mol. The second-order valence-corrected chi connectivity index (χ2v) is 4.46. The Morgan fingerprint density at radius 2 is 1.63 bits per heavy atom. The third kappa shape index (κ3) is 2.16. The van der Waals surface area contributed by atoms with Crippen molar-refractivity contribution >= 4 is 10.9 Å². The molecule has 2 rings (SSSR count). The topological polar surface area (TPSA) is 53.5 Å². The van der Waals surface area contributed by atoms with Crippen LogP contribution in [0, 0.1) is 0 Å². The molecule has 1 aromatic carbocycles. The molecule has 1 heterocycles. The maximum atomic E-state index is 5.43. The fourth-order valence-electron chi connectivity index (χ4n) is 2.14. The number of methoxy groups -OCH3 is 3. The van der Waals surface area contributed by atoms with E-state index >= 15 is 0 Å². The van der Waals surface area contributed by atoms with Crippen LogP contribution in [0.5, 0.6) is 17.2 Å². The van der Waals surface area contributed by atoms with Crippen LogP contribution in [0.15, 0.2) is 12.4 Å². The van der Waals surface area contributed by atoms with E-state index < -0.39 is 0 Å². The Labute approximate surface area is 112 Å². The molecular formula is C14H18N2O3. The number of aromatic nitrogens is 2. The Hall–Kier alpha value is -2.04. The quantitative estimate of drug-likeness (QED) is 0.848. The molecule has 0 spiro atoms. The summed E-state index contributed by atoms with van der Waals surface area (Å²) in [5, 5.41) is 0.923. The fourth-order valence-corrected chi connectivity index (χ4v) is 2.14. The first-order chi connectivity index (χ1) is 9.13. The minimum absolute atomic E-state index is 0.285. The van der Waals surface area contributed by atoms with Crippen LogP contribution in [0.25, 0.3) is 10.9 Å². The van der Waals surface area contributed by atoms with E-state index in [1.54, 1.807) is 27.7 Å². The molecule has 0 amide bonds. The highest BCUT2D eigenvalue weighted by molar-refractivity contribution is 5.91. The standard InChI is InChI=1S/C14H18N2O3/c1-8(2)11-9-6-10(17-3)13(18-4)14(19-5)12(9)16-7-15-11/h6-8H,1-5H3. The molecule has 0 aliphatic rings. The molecule has 19 heavy (non-hydrogen) atoms. The zero-order valence-corrected chi connectivity index (χ0v) is 11.9. The Morgan fingerprint density at radius 3 is 2.16 bits per heavy atom. The summed E-state index contributed by atoms with van der Waals surface area (Å²) in [5.41, 5.74) is 1.70. The summed E-state index contributed by atoms with van der Waals surface area (Å²) >= 11 is 0. The van der Waals surface area contributed by atoms with Crippen molar-refractivity contribution < 1.29 is 14.2 Å². The smallest absolute Gasteiger partial charge is 0.205 e. The van der Waals surface area contributed by atoms with E-state index in [0.717, 1.165) is 16.6 Å². The van der Waals surface area contributed by atoms with Gasteiger partial charge in [0.1, 0.15) is 11.8 Å². The van der Waals surface area contributed by atoms with Crippen LogP contribution >= 0.6 is 0 Å². The third-order valence-corrected chi connectivity index (χ3v) is 3.01. The summed E-state index contributed by atoms with van der Waals surface area (Å²) in [6.07, 6.45) is 1.55. The number of fused-ring (bicyclic) bond motifs is 1. The van der Waals surface area contributed by atoms with E-state index in [9.17, 15) is 0 Å². The van der Waals surface area contributed by atoms with Gasteiger partial charge in [-0.05, 0) is 12.0 Å². The highest BCUT2D eigenvalue weighted by atomic mass is 16.5. The van der Waals surface area contributed by atoms with Gasteiger partial charge in [0, 0.05) is 5.39 Å². The molecule has 0 saturated carbocycles. The lowest BCUT2D eigenvalue weighted by atomic mass is 10.0. The lowest BCUT2D eigenvalue weighted by Gasteiger charge is -2.16. The van der Waals surface area contributed by atoms with Crippen LogP contribution in [0.3, 0.4) is 0 Å². The van der Waals surface area contributed by atoms with Crippen molar-refractivity contribution in [2.45, 2.75) is 19.8 Å². The third-order valence-electron chi connectivity index (χ3n) is 3.01. The van der Waals surface area contributed by atoms with Gasteiger partial charge in [0.05, 0.1) is 27.0 Å². The Balaban J connectivity index is 2.88. The maximum Gasteiger partial charge on any atom is 0.205 e. The van der Waals surface area contributed by atoms with Gasteiger partial charge in [-0.2, -0.15) is 0 Å². The number of ether oxygens (including phenoxy) is 3. The van der Waals surface area contributed by atoms with Crippen molar-refractivity contribution in [3.8, 4) is 17.2 Å². The molecule has 0 saturated heterocycles. The van der Waals surface area contributed by atoms with Crippen LogP contribution in [0.4, 0.5) is 0 Å². The van der Waals surface area contributed by atoms with Crippen molar-refractivity contribution in [3.63, 3.8) is 0 Å². The second-order valence-electron chi connectivity index (χ2n) is 4.46. The van der Waals surface area contributed by atoms with Gasteiger partial charge in [0.25, 0.3) is 0 Å². The average Bonchev–Trinajstić information content (AvgIpc) is 2.43. The number of nitrogens with zero attached hydrogens (tertiary/aromatic N) is 2. The zero-order chi connectivity index (χ0) is 14.0. The van der Waals surface area contributed by atoms with Gasteiger partial charge in [-0.15, -0.1) is 0 Å². The second kappa shape index (κ2) is 5.30. The molecule has 0 aliphatic heterocycles. The molecular weight excluding hydrogens is 244 g/mol. The molecule has 102 valence electrons. The minimum Gasteiger partial charge on any atom is -0.493 e. The van der Waals surface area contributed by atoms with Crippen LogP contribution in [0.1, 0.15) is 25.5 Å². The molecule has 0 aliphatic carbocycles. The first-order valence-electron chi connectivity index (χ1n) is 6.07. The average molecular weight is 262 g/mol. The lowest BCUT2D eigenvalue weighted by molar-refractivity contribution is 0.326. The maximum absolute atomic E-state index is 5.43. The molecule has 0 N–H and O–H groups in total. The number of benzene rings is 1. The van der Waals surface area contributed by atoms with Gasteiger partial charge < -0.3 is 14.2 Å². The van der Waals surface area contributed by atoms with Crippen molar-refractivity contribution in [2.24, 2.45) is 0 Å². The molecule has 0 unspecified atom stereocenters. The molecule has 0 atom stereocenters. The van der Waals surface area contributed by atoms with Crippen LogP contribution in [0.2, 0.25) is 0 Å². The van der Waals surface area contributed by atoms with E-state index in [2.05, 4.69) is 23.8 Å². The van der Waals surface area contributed by atoms with E-state index in [1.807, 2.05) is 6.07 Å². The van der Waals surface area contributed by atoms with Crippen LogP contribution in [-0.4, -0.2) is 31.3 Å². The van der Waals surface area contributed by atoms with Crippen LogP contribution in [-0.2, 0) is 0 Å². The van der Waals surface area contributed by atoms with Gasteiger partial charge in [-0.3, -0.25) is 0 Å². The van der Waals surface area contributed by atoms with Gasteiger partial charge in [-0.25, -0.2) is 9.97 Å². The predicted octanol–water partition coefficient (Wildman–Crippen LogP) is 2.78. The van der Waals surface area contributed by atoms with Crippen molar-refractivity contribution in [3.05, 3.63) is 18.1 Å². The lowest BCUT2D eigenvalue weighted by Crippen LogP contribution is -2.01. The molecule has 0 fully saturated rings. The Bertz CT molecular complexity index is 597. The summed E-state index contributed by atoms with van der Waals surface area (Å²) in [5.74, 6) is 2.02. The summed E-state index contributed by atoms with van der Waals surface area (Å²) in [6.45, 7) is 4.18. The SMILES string of the molecule is COc1cc2c(C(C)C)ncnc2c(OC)c1OC. The molecule has 5 nitrogen and oxygen atoms in total. The Kier molecular flexibility index (Phi) is 3.74. The number of hydrogen-bond acceptors (Lipinski definition) is 5. The molecule has 5 heteroatoms. The van der Waals surface area contributed by atoms with Crippen LogP contribution < -0.4 is 14.2 Å². The Morgan fingerprint density at radius 1 is 0.947 bits per heavy atom. The fraction of sp³-hybridized carbons (Fsp3) is 0.429. The number of hydrogen-bond donors (Lipinski definition) is 0. The summed E-state index contributed by atoms with van der Waals surface area (Å²) < 4.78 is 16.1. The van der Waals surface area contributed by atoms with Crippen molar-refractivity contribution in [2.75, 3.05) is 21.3 Å². The van der Waals surface area contributed by atoms with Gasteiger partial charge in [0.2, 0.25) is 5.75 Å². The summed E-state index contributed by atoms with van der Waals surface area (Å²) in [4.78, 5) is 8.66.